The lowest BCUT2D eigenvalue weighted by Crippen LogP contribution is -2.14. The number of anilines is 1. The third-order valence-corrected chi connectivity index (χ3v) is 6.47. The van der Waals surface area contributed by atoms with Crippen molar-refractivity contribution in [3.63, 3.8) is 0 Å². The average molecular weight is 436 g/mol. The van der Waals surface area contributed by atoms with Gasteiger partial charge in [-0.25, -0.2) is 13.9 Å². The van der Waals surface area contributed by atoms with Crippen molar-refractivity contribution in [3.05, 3.63) is 78.4 Å². The number of amides is 1. The molecule has 0 aliphatic heterocycles. The molecule has 4 rings (SSSR count). The number of aryl methyl sites for hydroxylation is 1. The molecule has 158 valence electrons. The predicted molar refractivity (Wildman–Crippen MR) is 121 cm³/mol. The van der Waals surface area contributed by atoms with Crippen molar-refractivity contribution in [3.8, 4) is 0 Å². The van der Waals surface area contributed by atoms with Crippen molar-refractivity contribution in [2.45, 2.75) is 18.4 Å². The number of hydroxylamine groups is 1. The number of aromatic nitrogens is 1. The molecule has 0 fully saturated rings. The highest BCUT2D eigenvalue weighted by Crippen LogP contribution is 2.31. The summed E-state index contributed by atoms with van der Waals surface area (Å²) in [5, 5.41) is 10.6. The quantitative estimate of drug-likeness (QED) is 0.241. The fourth-order valence-electron chi connectivity index (χ4n) is 3.64. The van der Waals surface area contributed by atoms with E-state index in [1.54, 1.807) is 18.2 Å². The number of nitrogens with one attached hydrogen (secondary N) is 2. The number of benzene rings is 3. The zero-order valence-electron chi connectivity index (χ0n) is 16.7. The van der Waals surface area contributed by atoms with Gasteiger partial charge in [-0.15, -0.1) is 0 Å². The molecule has 1 amide bonds. The maximum Gasteiger partial charge on any atom is 0.267 e. The standard InChI is InChI=1S/C23H21N3O4S/c1-2-26-21-6-4-3-5-19(21)20-15-17(10-13-22(20)26)25-31(29,30)18-11-7-16(8-12-18)9-14-23(27)24-28/h3-15,25,28H,2H2,1H3,(H,24,27)/b14-9+. The first-order valence-electron chi connectivity index (χ1n) is 9.69. The Kier molecular flexibility index (Phi) is 5.50. The van der Waals surface area contributed by atoms with E-state index in [0.29, 0.717) is 11.3 Å². The third kappa shape index (κ3) is 4.03. The lowest BCUT2D eigenvalue weighted by molar-refractivity contribution is -0.124. The maximum absolute atomic E-state index is 12.9. The number of carbonyl (C=O) groups is 1. The van der Waals surface area contributed by atoms with Crippen molar-refractivity contribution in [2.24, 2.45) is 0 Å². The average Bonchev–Trinajstić information content (AvgIpc) is 3.10. The van der Waals surface area contributed by atoms with Crippen LogP contribution in [-0.2, 0) is 21.4 Å². The molecule has 0 spiro atoms. The number of hydrogen-bond acceptors (Lipinski definition) is 4. The maximum atomic E-state index is 12.9. The second-order valence-electron chi connectivity index (χ2n) is 6.98. The minimum Gasteiger partial charge on any atom is -0.341 e. The molecule has 31 heavy (non-hydrogen) atoms. The van der Waals surface area contributed by atoms with Crippen LogP contribution in [0.1, 0.15) is 12.5 Å². The second kappa shape index (κ2) is 8.25. The second-order valence-corrected chi connectivity index (χ2v) is 8.66. The molecular formula is C23H21N3O4S. The Bertz CT molecular complexity index is 1400. The summed E-state index contributed by atoms with van der Waals surface area (Å²) < 4.78 is 30.6. The van der Waals surface area contributed by atoms with Gasteiger partial charge < -0.3 is 4.57 Å². The summed E-state index contributed by atoms with van der Waals surface area (Å²) in [6, 6.07) is 19.7. The smallest absolute Gasteiger partial charge is 0.267 e. The third-order valence-electron chi connectivity index (χ3n) is 5.07. The van der Waals surface area contributed by atoms with Crippen LogP contribution in [0, 0.1) is 0 Å². The number of fused-ring (bicyclic) bond motifs is 3. The van der Waals surface area contributed by atoms with E-state index >= 15 is 0 Å². The number of rotatable bonds is 6. The summed E-state index contributed by atoms with van der Waals surface area (Å²) >= 11 is 0. The predicted octanol–water partition coefficient (Wildman–Crippen LogP) is 4.13. The number of hydrogen-bond donors (Lipinski definition) is 3. The Morgan fingerprint density at radius 1 is 1.00 bits per heavy atom. The molecule has 3 N–H and O–H groups in total. The van der Waals surface area contributed by atoms with Gasteiger partial charge in [0.15, 0.2) is 0 Å². The van der Waals surface area contributed by atoms with E-state index in [1.165, 1.54) is 23.7 Å². The van der Waals surface area contributed by atoms with E-state index in [1.807, 2.05) is 30.3 Å². The molecule has 0 atom stereocenters. The van der Waals surface area contributed by atoms with Crippen LogP contribution < -0.4 is 10.2 Å². The Balaban J connectivity index is 1.64. The van der Waals surface area contributed by atoms with Gasteiger partial charge in [-0.2, -0.15) is 0 Å². The van der Waals surface area contributed by atoms with Gasteiger partial charge >= 0.3 is 0 Å². The van der Waals surface area contributed by atoms with Crippen LogP contribution in [0.3, 0.4) is 0 Å². The van der Waals surface area contributed by atoms with Gasteiger partial charge in [-0.1, -0.05) is 30.3 Å². The zero-order valence-corrected chi connectivity index (χ0v) is 17.6. The normalized spacial score (nSPS) is 11.9. The summed E-state index contributed by atoms with van der Waals surface area (Å²) in [6.07, 6.45) is 2.61. The van der Waals surface area contributed by atoms with Gasteiger partial charge in [-0.05, 0) is 55.0 Å². The fourth-order valence-corrected chi connectivity index (χ4v) is 4.69. The minimum atomic E-state index is -3.79. The first kappa shape index (κ1) is 20.6. The molecule has 7 nitrogen and oxygen atoms in total. The molecule has 8 heteroatoms. The number of nitrogens with zero attached hydrogens (tertiary/aromatic N) is 1. The van der Waals surface area contributed by atoms with Crippen molar-refractivity contribution < 1.29 is 18.4 Å². The van der Waals surface area contributed by atoms with Crippen LogP contribution in [0.5, 0.6) is 0 Å². The lowest BCUT2D eigenvalue weighted by Gasteiger charge is -2.09. The molecular weight excluding hydrogens is 414 g/mol. The van der Waals surface area contributed by atoms with Crippen molar-refractivity contribution in [1.82, 2.24) is 10.0 Å². The van der Waals surface area contributed by atoms with Gasteiger partial charge in [0.05, 0.1) is 4.90 Å². The largest absolute Gasteiger partial charge is 0.341 e. The van der Waals surface area contributed by atoms with Crippen LogP contribution in [0.4, 0.5) is 5.69 Å². The molecule has 0 saturated carbocycles. The molecule has 3 aromatic carbocycles. The summed E-state index contributed by atoms with van der Waals surface area (Å²) in [7, 11) is -3.79. The summed E-state index contributed by atoms with van der Waals surface area (Å²) in [4.78, 5) is 11.2. The van der Waals surface area contributed by atoms with Crippen LogP contribution in [-0.4, -0.2) is 24.1 Å². The molecule has 4 aromatic rings. The van der Waals surface area contributed by atoms with Gasteiger partial charge in [0.25, 0.3) is 15.9 Å². The van der Waals surface area contributed by atoms with E-state index in [2.05, 4.69) is 22.3 Å². The highest BCUT2D eigenvalue weighted by atomic mass is 32.2. The van der Waals surface area contributed by atoms with E-state index in [9.17, 15) is 13.2 Å². The highest BCUT2D eigenvalue weighted by Gasteiger charge is 2.16. The minimum absolute atomic E-state index is 0.104. The lowest BCUT2D eigenvalue weighted by atomic mass is 10.1. The van der Waals surface area contributed by atoms with Crippen molar-refractivity contribution in [1.29, 1.82) is 0 Å². The zero-order chi connectivity index (χ0) is 22.0. The highest BCUT2D eigenvalue weighted by molar-refractivity contribution is 7.92. The van der Waals surface area contributed by atoms with E-state index < -0.39 is 15.9 Å². The van der Waals surface area contributed by atoms with Crippen LogP contribution in [0.15, 0.2) is 77.7 Å². The Hall–Kier alpha value is -3.62. The molecule has 1 heterocycles. The first-order chi connectivity index (χ1) is 14.9. The first-order valence-corrected chi connectivity index (χ1v) is 11.2. The van der Waals surface area contributed by atoms with E-state index in [0.717, 1.165) is 34.4 Å². The van der Waals surface area contributed by atoms with Gasteiger partial charge in [0.2, 0.25) is 0 Å². The van der Waals surface area contributed by atoms with Gasteiger partial charge in [-0.3, -0.25) is 14.7 Å². The Morgan fingerprint density at radius 2 is 1.71 bits per heavy atom. The Labute approximate surface area is 179 Å². The van der Waals surface area contributed by atoms with E-state index in [4.69, 9.17) is 5.21 Å². The van der Waals surface area contributed by atoms with Crippen molar-refractivity contribution in [2.75, 3.05) is 4.72 Å². The van der Waals surface area contributed by atoms with Crippen molar-refractivity contribution >= 4 is 49.5 Å². The topological polar surface area (TPSA) is 100 Å². The summed E-state index contributed by atoms with van der Waals surface area (Å²) in [5.41, 5.74) is 4.76. The van der Waals surface area contributed by atoms with Crippen LogP contribution in [0.25, 0.3) is 27.9 Å². The molecule has 0 saturated heterocycles. The summed E-state index contributed by atoms with van der Waals surface area (Å²) in [6.45, 7) is 2.90. The Morgan fingerprint density at radius 3 is 2.42 bits per heavy atom. The molecule has 0 aliphatic rings. The molecule has 0 unspecified atom stereocenters. The summed E-state index contributed by atoms with van der Waals surface area (Å²) in [5.74, 6) is -0.668. The fraction of sp³-hybridized carbons (Fsp3) is 0.0870. The molecule has 0 radical (unpaired) electrons. The number of sulfonamides is 1. The molecule has 0 bridgehead atoms. The van der Waals surface area contributed by atoms with Gasteiger partial charge in [0.1, 0.15) is 0 Å². The number of carbonyl (C=O) groups excluding carboxylic acids is 1. The number of para-hydroxylation sites is 1. The van der Waals surface area contributed by atoms with Crippen LogP contribution in [0.2, 0.25) is 0 Å². The van der Waals surface area contributed by atoms with Crippen LogP contribution >= 0.6 is 0 Å². The van der Waals surface area contributed by atoms with E-state index in [-0.39, 0.29) is 4.90 Å². The molecule has 0 aliphatic carbocycles. The van der Waals surface area contributed by atoms with Gasteiger partial charge in [0, 0.05) is 40.1 Å². The molecule has 1 aromatic heterocycles. The monoisotopic (exact) mass is 435 g/mol. The SMILES string of the molecule is CCn1c2ccccc2c2cc(NS(=O)(=O)c3ccc(/C=C/C(=O)NO)cc3)ccc21.